The first kappa shape index (κ1) is 17.2. The molecule has 1 aliphatic heterocycles. The molecular formula is C20H18BrN3OS. The van der Waals surface area contributed by atoms with Crippen LogP contribution in [-0.4, -0.2) is 23.5 Å². The standard InChI is InChI=1S/C20H18BrN3OS/c1-13-10-15-4-2-3-5-18(15)24(13)11-19(25)23-20-22-17(12-26-20)14-6-8-16(21)9-7-14/h2-9,12-13H,10-11H2,1H3,(H,22,23,25). The van der Waals surface area contributed by atoms with Gasteiger partial charge in [0.25, 0.3) is 0 Å². The molecule has 3 aromatic rings. The largest absolute Gasteiger partial charge is 0.359 e. The van der Waals surface area contributed by atoms with Gasteiger partial charge in [-0.25, -0.2) is 4.98 Å². The first-order valence-electron chi connectivity index (χ1n) is 8.46. The fraction of sp³-hybridized carbons (Fsp3) is 0.200. The molecule has 2 heterocycles. The van der Waals surface area contributed by atoms with E-state index in [4.69, 9.17) is 0 Å². The van der Waals surface area contributed by atoms with E-state index in [1.807, 2.05) is 41.8 Å². The summed E-state index contributed by atoms with van der Waals surface area (Å²) in [5.41, 5.74) is 4.37. The van der Waals surface area contributed by atoms with Crippen LogP contribution < -0.4 is 10.2 Å². The number of benzene rings is 2. The van der Waals surface area contributed by atoms with Gasteiger partial charge in [0.1, 0.15) is 0 Å². The first-order chi connectivity index (χ1) is 12.6. The Morgan fingerprint density at radius 3 is 2.85 bits per heavy atom. The molecule has 1 unspecified atom stereocenters. The molecule has 6 heteroatoms. The summed E-state index contributed by atoms with van der Waals surface area (Å²) in [4.78, 5) is 19.2. The lowest BCUT2D eigenvalue weighted by Gasteiger charge is -2.23. The van der Waals surface area contributed by atoms with Crippen molar-refractivity contribution in [2.75, 3.05) is 16.8 Å². The quantitative estimate of drug-likeness (QED) is 0.639. The minimum Gasteiger partial charge on any atom is -0.359 e. The highest BCUT2D eigenvalue weighted by Gasteiger charge is 2.27. The minimum atomic E-state index is -0.0368. The van der Waals surface area contributed by atoms with E-state index >= 15 is 0 Å². The molecular weight excluding hydrogens is 410 g/mol. The van der Waals surface area contributed by atoms with Crippen molar-refractivity contribution in [2.24, 2.45) is 0 Å². The molecule has 0 aliphatic carbocycles. The molecule has 132 valence electrons. The number of hydrogen-bond acceptors (Lipinski definition) is 4. The second-order valence-corrected chi connectivity index (χ2v) is 8.18. The average Bonchev–Trinajstić information content (AvgIpc) is 3.21. The van der Waals surface area contributed by atoms with E-state index in [0.717, 1.165) is 27.8 Å². The Morgan fingerprint density at radius 2 is 2.04 bits per heavy atom. The molecule has 0 bridgehead atoms. The van der Waals surface area contributed by atoms with Gasteiger partial charge in [-0.05, 0) is 37.1 Å². The average molecular weight is 428 g/mol. The van der Waals surface area contributed by atoms with Crippen LogP contribution in [0.2, 0.25) is 0 Å². The first-order valence-corrected chi connectivity index (χ1v) is 10.1. The van der Waals surface area contributed by atoms with Crippen LogP contribution in [0.4, 0.5) is 10.8 Å². The smallest absolute Gasteiger partial charge is 0.245 e. The number of thiazole rings is 1. The van der Waals surface area contributed by atoms with E-state index in [1.165, 1.54) is 16.9 Å². The third kappa shape index (κ3) is 3.52. The molecule has 0 radical (unpaired) electrons. The normalized spacial score (nSPS) is 15.8. The summed E-state index contributed by atoms with van der Waals surface area (Å²) in [6.07, 6.45) is 0.981. The summed E-state index contributed by atoms with van der Waals surface area (Å²) >= 11 is 4.88. The molecule has 0 fully saturated rings. The molecule has 4 rings (SSSR count). The SMILES string of the molecule is CC1Cc2ccccc2N1CC(=O)Nc1nc(-c2ccc(Br)cc2)cs1. The van der Waals surface area contributed by atoms with Gasteiger partial charge in [-0.3, -0.25) is 4.79 Å². The highest BCUT2D eigenvalue weighted by atomic mass is 79.9. The monoisotopic (exact) mass is 427 g/mol. The Labute approximate surface area is 165 Å². The number of carbonyl (C=O) groups is 1. The van der Waals surface area contributed by atoms with Crippen molar-refractivity contribution in [3.63, 3.8) is 0 Å². The van der Waals surface area contributed by atoms with Gasteiger partial charge in [0, 0.05) is 27.1 Å². The van der Waals surface area contributed by atoms with Crippen LogP contribution in [0, 0.1) is 0 Å². The number of para-hydroxylation sites is 1. The lowest BCUT2D eigenvalue weighted by molar-refractivity contribution is -0.115. The van der Waals surface area contributed by atoms with Crippen molar-refractivity contribution in [2.45, 2.75) is 19.4 Å². The van der Waals surface area contributed by atoms with Gasteiger partial charge in [0.2, 0.25) is 5.91 Å². The van der Waals surface area contributed by atoms with E-state index in [2.05, 4.69) is 50.2 Å². The fourth-order valence-corrected chi connectivity index (χ4v) is 4.27. The topological polar surface area (TPSA) is 45.2 Å². The number of aromatic nitrogens is 1. The molecule has 1 aromatic heterocycles. The summed E-state index contributed by atoms with van der Waals surface area (Å²) in [5.74, 6) is -0.0368. The predicted molar refractivity (Wildman–Crippen MR) is 111 cm³/mol. The van der Waals surface area contributed by atoms with Gasteiger partial charge >= 0.3 is 0 Å². The predicted octanol–water partition coefficient (Wildman–Crippen LogP) is 4.96. The van der Waals surface area contributed by atoms with Gasteiger partial charge in [0.05, 0.1) is 12.2 Å². The zero-order chi connectivity index (χ0) is 18.1. The summed E-state index contributed by atoms with van der Waals surface area (Å²) < 4.78 is 1.03. The molecule has 1 N–H and O–H groups in total. The van der Waals surface area contributed by atoms with Crippen molar-refractivity contribution < 1.29 is 4.79 Å². The molecule has 1 atom stereocenters. The number of halogens is 1. The zero-order valence-electron chi connectivity index (χ0n) is 14.3. The highest BCUT2D eigenvalue weighted by Crippen LogP contribution is 2.31. The van der Waals surface area contributed by atoms with Crippen molar-refractivity contribution in [3.05, 3.63) is 63.9 Å². The number of hydrogen-bond donors (Lipinski definition) is 1. The lowest BCUT2D eigenvalue weighted by atomic mass is 10.1. The Kier molecular flexibility index (Phi) is 4.78. The van der Waals surface area contributed by atoms with E-state index in [9.17, 15) is 4.79 Å². The number of fused-ring (bicyclic) bond motifs is 1. The highest BCUT2D eigenvalue weighted by molar-refractivity contribution is 9.10. The van der Waals surface area contributed by atoms with Crippen LogP contribution in [-0.2, 0) is 11.2 Å². The van der Waals surface area contributed by atoms with Crippen LogP contribution in [0.15, 0.2) is 58.4 Å². The summed E-state index contributed by atoms with van der Waals surface area (Å²) in [5, 5.41) is 5.54. The van der Waals surface area contributed by atoms with Crippen molar-refractivity contribution in [1.29, 1.82) is 0 Å². The number of carbonyl (C=O) groups excluding carboxylic acids is 1. The number of nitrogens with one attached hydrogen (secondary N) is 1. The zero-order valence-corrected chi connectivity index (χ0v) is 16.7. The molecule has 1 aliphatic rings. The van der Waals surface area contributed by atoms with Crippen LogP contribution >= 0.6 is 27.3 Å². The van der Waals surface area contributed by atoms with Gasteiger partial charge in [-0.1, -0.05) is 46.3 Å². The molecule has 26 heavy (non-hydrogen) atoms. The number of nitrogens with zero attached hydrogens (tertiary/aromatic N) is 2. The van der Waals surface area contributed by atoms with Crippen LogP contribution in [0.25, 0.3) is 11.3 Å². The van der Waals surface area contributed by atoms with Gasteiger partial charge in [0.15, 0.2) is 5.13 Å². The molecule has 0 spiro atoms. The summed E-state index contributed by atoms with van der Waals surface area (Å²) in [6.45, 7) is 2.49. The Balaban J connectivity index is 1.44. The Bertz CT molecular complexity index is 938. The van der Waals surface area contributed by atoms with E-state index in [1.54, 1.807) is 0 Å². The number of rotatable bonds is 4. The van der Waals surface area contributed by atoms with E-state index in [-0.39, 0.29) is 5.91 Å². The maximum atomic E-state index is 12.5. The maximum Gasteiger partial charge on any atom is 0.245 e. The van der Waals surface area contributed by atoms with E-state index < -0.39 is 0 Å². The maximum absolute atomic E-state index is 12.5. The minimum absolute atomic E-state index is 0.0368. The van der Waals surface area contributed by atoms with E-state index in [0.29, 0.717) is 17.7 Å². The molecule has 0 saturated heterocycles. The molecule has 1 amide bonds. The van der Waals surface area contributed by atoms with Gasteiger partial charge in [-0.2, -0.15) is 0 Å². The molecule has 2 aromatic carbocycles. The second kappa shape index (κ2) is 7.21. The number of amides is 1. The number of anilines is 2. The van der Waals surface area contributed by atoms with Crippen LogP contribution in [0.1, 0.15) is 12.5 Å². The van der Waals surface area contributed by atoms with Crippen molar-refractivity contribution >= 4 is 44.0 Å². The Morgan fingerprint density at radius 1 is 1.27 bits per heavy atom. The molecule has 0 saturated carbocycles. The van der Waals surface area contributed by atoms with Gasteiger partial charge in [-0.15, -0.1) is 11.3 Å². The third-order valence-corrected chi connectivity index (χ3v) is 5.84. The Hall–Kier alpha value is -2.18. The second-order valence-electron chi connectivity index (χ2n) is 6.40. The van der Waals surface area contributed by atoms with Crippen LogP contribution in [0.5, 0.6) is 0 Å². The van der Waals surface area contributed by atoms with Crippen molar-refractivity contribution in [3.8, 4) is 11.3 Å². The summed E-state index contributed by atoms with van der Waals surface area (Å²) in [6, 6.07) is 16.6. The lowest BCUT2D eigenvalue weighted by Crippen LogP contribution is -2.37. The molecule has 4 nitrogen and oxygen atoms in total. The van der Waals surface area contributed by atoms with Crippen LogP contribution in [0.3, 0.4) is 0 Å². The summed E-state index contributed by atoms with van der Waals surface area (Å²) in [7, 11) is 0. The van der Waals surface area contributed by atoms with Gasteiger partial charge < -0.3 is 10.2 Å². The third-order valence-electron chi connectivity index (χ3n) is 4.55. The van der Waals surface area contributed by atoms with Crippen molar-refractivity contribution in [1.82, 2.24) is 4.98 Å². The fourth-order valence-electron chi connectivity index (χ4n) is 3.27.